The van der Waals surface area contributed by atoms with Crippen LogP contribution in [0.5, 0.6) is 0 Å². The zero-order chi connectivity index (χ0) is 21.7. The summed E-state index contributed by atoms with van der Waals surface area (Å²) in [6.07, 6.45) is 16.0. The molecule has 0 aromatic carbocycles. The van der Waals surface area contributed by atoms with Gasteiger partial charge in [0.2, 0.25) is 0 Å². The number of aliphatic hydroxyl groups excluding tert-OH is 4. The van der Waals surface area contributed by atoms with Crippen LogP contribution in [0.25, 0.3) is 0 Å². The summed E-state index contributed by atoms with van der Waals surface area (Å²) in [4.78, 5) is 11.6. The second-order valence-electron chi connectivity index (χ2n) is 7.83. The third kappa shape index (κ3) is 17.6. The van der Waals surface area contributed by atoms with Crippen molar-refractivity contribution in [3.05, 3.63) is 12.2 Å². The minimum Gasteiger partial charge on any atom is -0.463 e. The first kappa shape index (κ1) is 28.1. The lowest BCUT2D eigenvalue weighted by Gasteiger charge is -2.21. The Morgan fingerprint density at radius 2 is 1.31 bits per heavy atom. The summed E-state index contributed by atoms with van der Waals surface area (Å²) in [5, 5.41) is 36.9. The standard InChI is InChI=1S/C23H44O6/c1-2-3-4-5-6-7-8-9-10-11-12-13-14-15-16-17-22(27)29-19-21(26)23(28)20(25)18-24/h9-10,20-21,23-26,28H,2-8,11-19H2,1H3/b10-9-/t20-,21+,23+/m1/s1. The van der Waals surface area contributed by atoms with E-state index in [2.05, 4.69) is 19.1 Å². The molecular weight excluding hydrogens is 372 g/mol. The van der Waals surface area contributed by atoms with Gasteiger partial charge >= 0.3 is 5.97 Å². The summed E-state index contributed by atoms with van der Waals surface area (Å²) in [6, 6.07) is 0. The van der Waals surface area contributed by atoms with Crippen LogP contribution in [0, 0.1) is 0 Å². The van der Waals surface area contributed by atoms with Crippen molar-refractivity contribution in [2.24, 2.45) is 0 Å². The van der Waals surface area contributed by atoms with Gasteiger partial charge in [-0.1, -0.05) is 70.4 Å². The highest BCUT2D eigenvalue weighted by atomic mass is 16.5. The Morgan fingerprint density at radius 3 is 1.86 bits per heavy atom. The van der Waals surface area contributed by atoms with Crippen molar-refractivity contribution in [2.45, 2.75) is 115 Å². The van der Waals surface area contributed by atoms with E-state index in [9.17, 15) is 20.1 Å². The molecule has 172 valence electrons. The van der Waals surface area contributed by atoms with E-state index in [1.807, 2.05) is 0 Å². The summed E-state index contributed by atoms with van der Waals surface area (Å²) in [5.74, 6) is -0.424. The highest BCUT2D eigenvalue weighted by Gasteiger charge is 2.25. The first-order valence-electron chi connectivity index (χ1n) is 11.5. The summed E-state index contributed by atoms with van der Waals surface area (Å²) < 4.78 is 4.89. The molecule has 0 aromatic heterocycles. The van der Waals surface area contributed by atoms with Crippen LogP contribution < -0.4 is 0 Å². The number of carbonyl (C=O) groups is 1. The van der Waals surface area contributed by atoms with Gasteiger partial charge in [-0.05, 0) is 32.1 Å². The van der Waals surface area contributed by atoms with Crippen molar-refractivity contribution in [1.82, 2.24) is 0 Å². The Balaban J connectivity index is 3.43. The molecule has 6 heteroatoms. The van der Waals surface area contributed by atoms with Crippen LogP contribution in [-0.2, 0) is 9.53 Å². The lowest BCUT2D eigenvalue weighted by molar-refractivity contribution is -0.152. The van der Waals surface area contributed by atoms with Gasteiger partial charge in [-0.25, -0.2) is 0 Å². The van der Waals surface area contributed by atoms with Crippen LogP contribution >= 0.6 is 0 Å². The van der Waals surface area contributed by atoms with Crippen molar-refractivity contribution in [3.63, 3.8) is 0 Å². The number of hydrogen-bond acceptors (Lipinski definition) is 6. The highest BCUT2D eigenvalue weighted by molar-refractivity contribution is 5.69. The second-order valence-corrected chi connectivity index (χ2v) is 7.83. The van der Waals surface area contributed by atoms with E-state index in [-0.39, 0.29) is 13.0 Å². The molecule has 0 aliphatic heterocycles. The normalized spacial score (nSPS) is 14.8. The molecule has 0 aromatic rings. The first-order chi connectivity index (χ1) is 14.0. The zero-order valence-corrected chi connectivity index (χ0v) is 18.3. The maximum Gasteiger partial charge on any atom is 0.305 e. The number of rotatable bonds is 20. The van der Waals surface area contributed by atoms with E-state index in [4.69, 9.17) is 9.84 Å². The van der Waals surface area contributed by atoms with Crippen molar-refractivity contribution >= 4 is 5.97 Å². The molecular formula is C23H44O6. The average molecular weight is 417 g/mol. The topological polar surface area (TPSA) is 107 Å². The first-order valence-corrected chi connectivity index (χ1v) is 11.5. The minimum absolute atomic E-state index is 0.281. The second kappa shape index (κ2) is 20.3. The molecule has 0 bridgehead atoms. The Hall–Kier alpha value is -0.950. The van der Waals surface area contributed by atoms with Crippen LogP contribution in [-0.4, -0.2) is 57.9 Å². The van der Waals surface area contributed by atoms with E-state index >= 15 is 0 Å². The van der Waals surface area contributed by atoms with Crippen molar-refractivity contribution in [3.8, 4) is 0 Å². The van der Waals surface area contributed by atoms with Gasteiger partial charge in [0, 0.05) is 6.42 Å². The van der Waals surface area contributed by atoms with Gasteiger partial charge < -0.3 is 25.2 Å². The number of allylic oxidation sites excluding steroid dienone is 2. The quantitative estimate of drug-likeness (QED) is 0.137. The SMILES string of the molecule is CCCCCCCC/C=C\CCCCCCCC(=O)OC[C@H](O)[C@@H](O)[C@H](O)CO. The number of unbranched alkanes of at least 4 members (excludes halogenated alkanes) is 11. The number of carbonyl (C=O) groups excluding carboxylic acids is 1. The minimum atomic E-state index is -1.53. The molecule has 3 atom stereocenters. The number of hydrogen-bond donors (Lipinski definition) is 4. The Kier molecular flexibility index (Phi) is 19.7. The van der Waals surface area contributed by atoms with Gasteiger partial charge in [-0.15, -0.1) is 0 Å². The maximum atomic E-state index is 11.6. The molecule has 0 unspecified atom stereocenters. The number of esters is 1. The average Bonchev–Trinajstić information content (AvgIpc) is 2.73. The molecule has 0 radical (unpaired) electrons. The van der Waals surface area contributed by atoms with Gasteiger partial charge in [0.05, 0.1) is 6.61 Å². The van der Waals surface area contributed by atoms with Gasteiger partial charge in [0.1, 0.15) is 24.9 Å². The summed E-state index contributed by atoms with van der Waals surface area (Å²) in [7, 11) is 0. The van der Waals surface area contributed by atoms with Crippen LogP contribution in [0.15, 0.2) is 12.2 Å². The fraction of sp³-hybridized carbons (Fsp3) is 0.870. The van der Waals surface area contributed by atoms with Crippen molar-refractivity contribution < 1.29 is 30.0 Å². The van der Waals surface area contributed by atoms with E-state index in [1.165, 1.54) is 51.4 Å². The molecule has 0 fully saturated rings. The molecule has 0 rings (SSSR count). The molecule has 4 N–H and O–H groups in total. The highest BCUT2D eigenvalue weighted by Crippen LogP contribution is 2.10. The van der Waals surface area contributed by atoms with Crippen molar-refractivity contribution in [1.29, 1.82) is 0 Å². The van der Waals surface area contributed by atoms with Crippen LogP contribution in [0.3, 0.4) is 0 Å². The summed E-state index contributed by atoms with van der Waals surface area (Å²) in [5.41, 5.74) is 0. The molecule has 29 heavy (non-hydrogen) atoms. The maximum absolute atomic E-state index is 11.6. The van der Waals surface area contributed by atoms with E-state index < -0.39 is 30.9 Å². The third-order valence-electron chi connectivity index (χ3n) is 5.03. The monoisotopic (exact) mass is 416 g/mol. The smallest absolute Gasteiger partial charge is 0.305 e. The Morgan fingerprint density at radius 1 is 0.793 bits per heavy atom. The number of aliphatic hydroxyl groups is 4. The van der Waals surface area contributed by atoms with Gasteiger partial charge in [-0.2, -0.15) is 0 Å². The van der Waals surface area contributed by atoms with Gasteiger partial charge in [0.15, 0.2) is 0 Å². The van der Waals surface area contributed by atoms with Crippen LogP contribution in [0.1, 0.15) is 96.8 Å². The lowest BCUT2D eigenvalue weighted by atomic mass is 10.1. The van der Waals surface area contributed by atoms with E-state index in [0.29, 0.717) is 0 Å². The fourth-order valence-electron chi connectivity index (χ4n) is 3.05. The van der Waals surface area contributed by atoms with Crippen molar-refractivity contribution in [2.75, 3.05) is 13.2 Å². The van der Waals surface area contributed by atoms with Crippen LogP contribution in [0.4, 0.5) is 0 Å². The fourth-order valence-corrected chi connectivity index (χ4v) is 3.05. The molecule has 0 aliphatic rings. The largest absolute Gasteiger partial charge is 0.463 e. The molecule has 0 spiro atoms. The Labute approximate surface area is 177 Å². The molecule has 0 saturated carbocycles. The molecule has 6 nitrogen and oxygen atoms in total. The van der Waals surface area contributed by atoms with E-state index in [1.54, 1.807) is 0 Å². The molecule has 0 heterocycles. The summed E-state index contributed by atoms with van der Waals surface area (Å²) in [6.45, 7) is 1.19. The van der Waals surface area contributed by atoms with Gasteiger partial charge in [-0.3, -0.25) is 4.79 Å². The lowest BCUT2D eigenvalue weighted by Crippen LogP contribution is -2.42. The predicted octanol–water partition coefficient (Wildman–Crippen LogP) is 3.64. The zero-order valence-electron chi connectivity index (χ0n) is 18.3. The predicted molar refractivity (Wildman–Crippen MR) is 116 cm³/mol. The molecule has 0 amide bonds. The van der Waals surface area contributed by atoms with Crippen LogP contribution in [0.2, 0.25) is 0 Å². The molecule has 0 aliphatic carbocycles. The third-order valence-corrected chi connectivity index (χ3v) is 5.03. The molecule has 0 saturated heterocycles. The van der Waals surface area contributed by atoms with Gasteiger partial charge in [0.25, 0.3) is 0 Å². The summed E-state index contributed by atoms with van der Waals surface area (Å²) >= 11 is 0. The van der Waals surface area contributed by atoms with E-state index in [0.717, 1.165) is 32.1 Å². The number of ether oxygens (including phenoxy) is 1. The Bertz CT molecular complexity index is 399.